The van der Waals surface area contributed by atoms with Crippen LogP contribution in [-0.4, -0.2) is 5.91 Å². The van der Waals surface area contributed by atoms with Crippen LogP contribution in [0, 0.1) is 11.3 Å². The summed E-state index contributed by atoms with van der Waals surface area (Å²) in [4.78, 5) is 11.9. The molecule has 0 aliphatic rings. The van der Waals surface area contributed by atoms with Gasteiger partial charge in [-0.3, -0.25) is 4.79 Å². The summed E-state index contributed by atoms with van der Waals surface area (Å²) in [6.45, 7) is 0. The first-order valence-corrected chi connectivity index (χ1v) is 6.60. The van der Waals surface area contributed by atoms with Crippen molar-refractivity contribution in [3.8, 4) is 6.07 Å². The van der Waals surface area contributed by atoms with E-state index in [4.69, 9.17) is 16.9 Å². The Hall–Kier alpha value is -2.31. The number of aryl methyl sites for hydroxylation is 1. The van der Waals surface area contributed by atoms with Crippen LogP contribution in [0.25, 0.3) is 0 Å². The fourth-order valence-electron chi connectivity index (χ4n) is 1.84. The fourth-order valence-corrected chi connectivity index (χ4v) is 2.07. The monoisotopic (exact) mass is 284 g/mol. The molecule has 2 aromatic carbocycles. The number of carbonyl (C=O) groups excluding carboxylic acids is 1. The largest absolute Gasteiger partial charge is 0.326 e. The predicted octanol–water partition coefficient (Wildman–Crippen LogP) is 3.78. The van der Waals surface area contributed by atoms with Gasteiger partial charge in [0.15, 0.2) is 0 Å². The molecule has 0 radical (unpaired) electrons. The molecule has 0 heterocycles. The van der Waals surface area contributed by atoms with Gasteiger partial charge in [0.2, 0.25) is 5.91 Å². The Morgan fingerprint density at radius 2 is 2.00 bits per heavy atom. The van der Waals surface area contributed by atoms with Crippen molar-refractivity contribution >= 4 is 23.2 Å². The van der Waals surface area contributed by atoms with Gasteiger partial charge in [0.05, 0.1) is 11.6 Å². The van der Waals surface area contributed by atoms with Crippen molar-refractivity contribution in [3.63, 3.8) is 0 Å². The molecule has 2 aromatic rings. The van der Waals surface area contributed by atoms with Crippen LogP contribution in [0.3, 0.4) is 0 Å². The van der Waals surface area contributed by atoms with E-state index in [2.05, 4.69) is 5.32 Å². The molecular weight excluding hydrogens is 272 g/mol. The van der Waals surface area contributed by atoms with Crippen LogP contribution >= 0.6 is 11.6 Å². The Morgan fingerprint density at radius 1 is 1.20 bits per heavy atom. The smallest absolute Gasteiger partial charge is 0.224 e. The number of nitriles is 1. The van der Waals surface area contributed by atoms with Crippen LogP contribution < -0.4 is 5.32 Å². The SMILES string of the molecule is N#Cc1cccc(NC(=O)CCc2ccccc2Cl)c1. The van der Waals surface area contributed by atoms with Gasteiger partial charge in [0.25, 0.3) is 0 Å². The second-order valence-corrected chi connectivity index (χ2v) is 4.74. The molecule has 0 aromatic heterocycles. The van der Waals surface area contributed by atoms with E-state index in [0.29, 0.717) is 29.1 Å². The number of hydrogen-bond donors (Lipinski definition) is 1. The van der Waals surface area contributed by atoms with Gasteiger partial charge in [0.1, 0.15) is 0 Å². The maximum atomic E-state index is 11.9. The van der Waals surface area contributed by atoms with E-state index in [1.165, 1.54) is 0 Å². The summed E-state index contributed by atoms with van der Waals surface area (Å²) in [5.41, 5.74) is 2.11. The molecule has 4 heteroatoms. The van der Waals surface area contributed by atoms with Gasteiger partial charge in [-0.25, -0.2) is 0 Å². The molecule has 20 heavy (non-hydrogen) atoms. The van der Waals surface area contributed by atoms with Crippen molar-refractivity contribution in [2.45, 2.75) is 12.8 Å². The second-order valence-electron chi connectivity index (χ2n) is 4.33. The predicted molar refractivity (Wildman–Crippen MR) is 79.6 cm³/mol. The van der Waals surface area contributed by atoms with Crippen LogP contribution in [0.5, 0.6) is 0 Å². The van der Waals surface area contributed by atoms with Gasteiger partial charge in [-0.15, -0.1) is 0 Å². The van der Waals surface area contributed by atoms with E-state index in [1.807, 2.05) is 30.3 Å². The number of benzene rings is 2. The molecule has 0 aliphatic heterocycles. The van der Waals surface area contributed by atoms with Crippen molar-refractivity contribution in [2.75, 3.05) is 5.32 Å². The lowest BCUT2D eigenvalue weighted by Gasteiger charge is -2.06. The fraction of sp³-hybridized carbons (Fsp3) is 0.125. The molecule has 0 atom stereocenters. The van der Waals surface area contributed by atoms with Gasteiger partial charge in [0, 0.05) is 17.1 Å². The van der Waals surface area contributed by atoms with Gasteiger partial charge in [-0.05, 0) is 36.2 Å². The van der Waals surface area contributed by atoms with E-state index in [9.17, 15) is 4.79 Å². The van der Waals surface area contributed by atoms with Crippen molar-refractivity contribution < 1.29 is 4.79 Å². The molecule has 1 N–H and O–H groups in total. The zero-order chi connectivity index (χ0) is 14.4. The third-order valence-electron chi connectivity index (χ3n) is 2.85. The van der Waals surface area contributed by atoms with E-state index in [1.54, 1.807) is 24.3 Å². The lowest BCUT2D eigenvalue weighted by molar-refractivity contribution is -0.116. The number of halogens is 1. The standard InChI is InChI=1S/C16H13ClN2O/c17-15-7-2-1-5-13(15)8-9-16(20)19-14-6-3-4-12(10-14)11-18/h1-7,10H,8-9H2,(H,19,20). The third-order valence-corrected chi connectivity index (χ3v) is 3.22. The number of hydrogen-bond acceptors (Lipinski definition) is 2. The molecule has 0 fully saturated rings. The topological polar surface area (TPSA) is 52.9 Å². The second kappa shape index (κ2) is 6.74. The summed E-state index contributed by atoms with van der Waals surface area (Å²) in [6, 6.07) is 16.4. The van der Waals surface area contributed by atoms with Crippen LogP contribution in [0.15, 0.2) is 48.5 Å². The van der Waals surface area contributed by atoms with E-state index in [0.717, 1.165) is 5.56 Å². The zero-order valence-electron chi connectivity index (χ0n) is 10.8. The average molecular weight is 285 g/mol. The van der Waals surface area contributed by atoms with Gasteiger partial charge in [-0.1, -0.05) is 35.9 Å². The molecule has 0 unspecified atom stereocenters. The number of anilines is 1. The number of amides is 1. The van der Waals surface area contributed by atoms with E-state index in [-0.39, 0.29) is 5.91 Å². The number of rotatable bonds is 4. The van der Waals surface area contributed by atoms with Crippen LogP contribution in [-0.2, 0) is 11.2 Å². The summed E-state index contributed by atoms with van der Waals surface area (Å²) in [5, 5.41) is 12.2. The summed E-state index contributed by atoms with van der Waals surface area (Å²) in [6.07, 6.45) is 0.934. The molecule has 100 valence electrons. The minimum Gasteiger partial charge on any atom is -0.326 e. The number of nitrogens with one attached hydrogen (secondary N) is 1. The van der Waals surface area contributed by atoms with E-state index >= 15 is 0 Å². The quantitative estimate of drug-likeness (QED) is 0.929. The van der Waals surface area contributed by atoms with Crippen molar-refractivity contribution in [1.29, 1.82) is 5.26 Å². The highest BCUT2D eigenvalue weighted by molar-refractivity contribution is 6.31. The molecule has 0 aliphatic carbocycles. The molecule has 2 rings (SSSR count). The summed E-state index contributed by atoms with van der Waals surface area (Å²) < 4.78 is 0. The van der Waals surface area contributed by atoms with Crippen molar-refractivity contribution in [1.82, 2.24) is 0 Å². The molecule has 0 spiro atoms. The van der Waals surface area contributed by atoms with Crippen molar-refractivity contribution in [2.24, 2.45) is 0 Å². The highest BCUT2D eigenvalue weighted by atomic mass is 35.5. The highest BCUT2D eigenvalue weighted by Gasteiger charge is 2.05. The Morgan fingerprint density at radius 3 is 2.75 bits per heavy atom. The van der Waals surface area contributed by atoms with Crippen LogP contribution in [0.4, 0.5) is 5.69 Å². The molecule has 1 amide bonds. The van der Waals surface area contributed by atoms with Gasteiger partial charge < -0.3 is 5.32 Å². The van der Waals surface area contributed by atoms with Crippen LogP contribution in [0.1, 0.15) is 17.5 Å². The van der Waals surface area contributed by atoms with Crippen molar-refractivity contribution in [3.05, 3.63) is 64.7 Å². The average Bonchev–Trinajstić information content (AvgIpc) is 2.46. The zero-order valence-corrected chi connectivity index (χ0v) is 11.5. The lowest BCUT2D eigenvalue weighted by atomic mass is 10.1. The van der Waals surface area contributed by atoms with Crippen LogP contribution in [0.2, 0.25) is 5.02 Å². The summed E-state index contributed by atoms with van der Waals surface area (Å²) >= 11 is 6.04. The number of carbonyl (C=O) groups is 1. The van der Waals surface area contributed by atoms with E-state index < -0.39 is 0 Å². The Bertz CT molecular complexity index is 662. The first-order valence-electron chi connectivity index (χ1n) is 6.22. The van der Waals surface area contributed by atoms with Gasteiger partial charge >= 0.3 is 0 Å². The highest BCUT2D eigenvalue weighted by Crippen LogP contribution is 2.17. The first kappa shape index (κ1) is 14.1. The molecule has 0 saturated carbocycles. The summed E-state index contributed by atoms with van der Waals surface area (Å²) in [7, 11) is 0. The van der Waals surface area contributed by atoms with Gasteiger partial charge in [-0.2, -0.15) is 5.26 Å². The Balaban J connectivity index is 1.93. The molecule has 3 nitrogen and oxygen atoms in total. The molecular formula is C16H13ClN2O. The first-order chi connectivity index (χ1) is 9.69. The summed E-state index contributed by atoms with van der Waals surface area (Å²) in [5.74, 6) is -0.0972. The maximum absolute atomic E-state index is 11.9. The minimum absolute atomic E-state index is 0.0972. The molecule has 0 bridgehead atoms. The lowest BCUT2D eigenvalue weighted by Crippen LogP contribution is -2.12. The Kier molecular flexibility index (Phi) is 4.75. The Labute approximate surface area is 122 Å². The maximum Gasteiger partial charge on any atom is 0.224 e. The normalized spacial score (nSPS) is 9.80. The number of nitrogens with zero attached hydrogens (tertiary/aromatic N) is 1. The third kappa shape index (κ3) is 3.84. The minimum atomic E-state index is -0.0972. The molecule has 0 saturated heterocycles.